The van der Waals surface area contributed by atoms with Gasteiger partial charge >= 0.3 is 0 Å². The van der Waals surface area contributed by atoms with Crippen molar-refractivity contribution in [2.75, 3.05) is 0 Å². The second-order valence-electron chi connectivity index (χ2n) is 5.42. The van der Waals surface area contributed by atoms with Crippen LogP contribution in [0.4, 0.5) is 5.69 Å². The summed E-state index contributed by atoms with van der Waals surface area (Å²) in [6.07, 6.45) is 1.55. The fourth-order valence-corrected chi connectivity index (χ4v) is 2.38. The number of hydrogen-bond donors (Lipinski definition) is 0. The molecule has 0 N–H and O–H groups in total. The molecule has 0 saturated carbocycles. The number of rotatable bonds is 3. The molecular formula is C17H13N5O2. The van der Waals surface area contributed by atoms with Gasteiger partial charge in [0.1, 0.15) is 17.3 Å². The van der Waals surface area contributed by atoms with Crippen LogP contribution in [0.25, 0.3) is 22.8 Å². The normalized spacial score (nSPS) is 11.5. The molecule has 0 aliphatic heterocycles. The van der Waals surface area contributed by atoms with E-state index in [0.29, 0.717) is 11.1 Å². The quantitative estimate of drug-likeness (QED) is 0.418. The highest BCUT2D eigenvalue weighted by molar-refractivity contribution is 5.87. The highest BCUT2D eigenvalue weighted by Gasteiger charge is 2.11. The number of fused-ring (bicyclic) bond motifs is 1. The van der Waals surface area contributed by atoms with Gasteiger partial charge in [0.25, 0.3) is 5.69 Å². The Hall–Kier alpha value is -3.53. The van der Waals surface area contributed by atoms with Gasteiger partial charge in [-0.2, -0.15) is 5.26 Å². The van der Waals surface area contributed by atoms with Crippen molar-refractivity contribution in [3.8, 4) is 6.07 Å². The van der Waals surface area contributed by atoms with Crippen molar-refractivity contribution in [1.82, 2.24) is 15.0 Å². The van der Waals surface area contributed by atoms with Gasteiger partial charge in [-0.3, -0.25) is 10.1 Å². The molecular weight excluding hydrogens is 306 g/mol. The SMILES string of the molecule is Cc1cc2nnn(/C(C#N)=C/c3cccc([N+](=O)[O-])c3)c2cc1C. The molecule has 0 saturated heterocycles. The summed E-state index contributed by atoms with van der Waals surface area (Å²) in [6.45, 7) is 3.96. The maximum Gasteiger partial charge on any atom is 0.270 e. The highest BCUT2D eigenvalue weighted by Crippen LogP contribution is 2.22. The number of nitrogens with zero attached hydrogens (tertiary/aromatic N) is 5. The number of hydrogen-bond acceptors (Lipinski definition) is 5. The van der Waals surface area contributed by atoms with Crippen LogP contribution in [-0.4, -0.2) is 19.9 Å². The van der Waals surface area contributed by atoms with Crippen molar-refractivity contribution in [1.29, 1.82) is 5.26 Å². The zero-order valence-electron chi connectivity index (χ0n) is 13.1. The van der Waals surface area contributed by atoms with Crippen LogP contribution in [-0.2, 0) is 0 Å². The summed E-state index contributed by atoms with van der Waals surface area (Å²) in [4.78, 5) is 10.4. The second kappa shape index (κ2) is 5.93. The Morgan fingerprint density at radius 1 is 1.29 bits per heavy atom. The molecule has 0 atom stereocenters. The first-order valence-electron chi connectivity index (χ1n) is 7.19. The first-order chi connectivity index (χ1) is 11.5. The minimum Gasteiger partial charge on any atom is -0.258 e. The summed E-state index contributed by atoms with van der Waals surface area (Å²) in [5.41, 5.74) is 4.33. The molecule has 3 aromatic rings. The molecule has 0 fully saturated rings. The van der Waals surface area contributed by atoms with Gasteiger partial charge < -0.3 is 0 Å². The summed E-state index contributed by atoms with van der Waals surface area (Å²) in [5.74, 6) is 0. The molecule has 0 amide bonds. The number of aromatic nitrogens is 3. The van der Waals surface area contributed by atoms with Crippen LogP contribution in [0.2, 0.25) is 0 Å². The molecule has 0 radical (unpaired) electrons. The van der Waals surface area contributed by atoms with E-state index in [1.807, 2.05) is 26.0 Å². The van der Waals surface area contributed by atoms with E-state index in [4.69, 9.17) is 0 Å². The summed E-state index contributed by atoms with van der Waals surface area (Å²) in [7, 11) is 0. The van der Waals surface area contributed by atoms with Crippen molar-refractivity contribution in [2.24, 2.45) is 0 Å². The summed E-state index contributed by atoms with van der Waals surface area (Å²) >= 11 is 0. The predicted octanol–water partition coefficient (Wildman–Crippen LogP) is 3.48. The first-order valence-corrected chi connectivity index (χ1v) is 7.19. The number of benzene rings is 2. The molecule has 1 aromatic heterocycles. The molecule has 7 heteroatoms. The van der Waals surface area contributed by atoms with E-state index in [2.05, 4.69) is 16.4 Å². The molecule has 0 spiro atoms. The maximum absolute atomic E-state index is 10.9. The predicted molar refractivity (Wildman–Crippen MR) is 89.9 cm³/mol. The summed E-state index contributed by atoms with van der Waals surface area (Å²) in [5, 5.41) is 28.5. The minimum atomic E-state index is -0.472. The van der Waals surface area contributed by atoms with Crippen molar-refractivity contribution in [3.63, 3.8) is 0 Å². The van der Waals surface area contributed by atoms with Gasteiger partial charge in [-0.1, -0.05) is 17.3 Å². The lowest BCUT2D eigenvalue weighted by Crippen LogP contribution is -1.98. The van der Waals surface area contributed by atoms with Gasteiger partial charge in [-0.15, -0.1) is 5.10 Å². The molecule has 1 heterocycles. The Morgan fingerprint density at radius 3 is 2.75 bits per heavy atom. The van der Waals surface area contributed by atoms with Crippen molar-refractivity contribution < 1.29 is 4.92 Å². The average molecular weight is 319 g/mol. The van der Waals surface area contributed by atoms with E-state index in [-0.39, 0.29) is 11.4 Å². The minimum absolute atomic E-state index is 0.0315. The Balaban J connectivity index is 2.13. The number of allylic oxidation sites excluding steroid dienone is 1. The van der Waals surface area contributed by atoms with Crippen molar-refractivity contribution in [3.05, 3.63) is 63.2 Å². The molecule has 2 aromatic carbocycles. The third-order valence-electron chi connectivity index (χ3n) is 3.79. The molecule has 3 rings (SSSR count). The molecule has 0 bridgehead atoms. The Labute approximate surface area is 137 Å². The van der Waals surface area contributed by atoms with E-state index in [0.717, 1.165) is 16.6 Å². The molecule has 7 nitrogen and oxygen atoms in total. The van der Waals surface area contributed by atoms with E-state index in [1.54, 1.807) is 18.2 Å². The Bertz CT molecular complexity index is 1030. The third-order valence-corrected chi connectivity index (χ3v) is 3.79. The molecule has 0 aliphatic rings. The van der Waals surface area contributed by atoms with E-state index in [1.165, 1.54) is 16.8 Å². The van der Waals surface area contributed by atoms with Gasteiger partial charge in [0.05, 0.1) is 10.4 Å². The van der Waals surface area contributed by atoms with Crippen molar-refractivity contribution >= 4 is 28.5 Å². The van der Waals surface area contributed by atoms with Crippen LogP contribution in [0.5, 0.6) is 0 Å². The molecule has 0 unspecified atom stereocenters. The zero-order chi connectivity index (χ0) is 17.3. The number of nitriles is 1. The number of nitro benzene ring substituents is 1. The second-order valence-corrected chi connectivity index (χ2v) is 5.42. The van der Waals surface area contributed by atoms with Gasteiger partial charge in [0, 0.05) is 12.1 Å². The van der Waals surface area contributed by atoms with E-state index >= 15 is 0 Å². The van der Waals surface area contributed by atoms with Gasteiger partial charge in [-0.05, 0) is 48.7 Å². The summed E-state index contributed by atoms with van der Waals surface area (Å²) in [6, 6.07) is 12.0. The number of non-ortho nitro benzene ring substituents is 1. The number of aryl methyl sites for hydroxylation is 2. The van der Waals surface area contributed by atoms with Crippen LogP contribution >= 0.6 is 0 Å². The van der Waals surface area contributed by atoms with Crippen LogP contribution in [0.1, 0.15) is 16.7 Å². The lowest BCUT2D eigenvalue weighted by atomic mass is 10.1. The fraction of sp³-hybridized carbons (Fsp3) is 0.118. The van der Waals surface area contributed by atoms with Crippen LogP contribution in [0, 0.1) is 35.3 Å². The Morgan fingerprint density at radius 2 is 2.04 bits per heavy atom. The topological polar surface area (TPSA) is 97.6 Å². The van der Waals surface area contributed by atoms with E-state index < -0.39 is 4.92 Å². The van der Waals surface area contributed by atoms with E-state index in [9.17, 15) is 15.4 Å². The van der Waals surface area contributed by atoms with Crippen LogP contribution in [0.15, 0.2) is 36.4 Å². The summed E-state index contributed by atoms with van der Waals surface area (Å²) < 4.78 is 1.45. The molecule has 0 aliphatic carbocycles. The number of nitro groups is 1. The van der Waals surface area contributed by atoms with Crippen molar-refractivity contribution in [2.45, 2.75) is 13.8 Å². The van der Waals surface area contributed by atoms with Gasteiger partial charge in [0.2, 0.25) is 0 Å². The van der Waals surface area contributed by atoms with Gasteiger partial charge in [-0.25, -0.2) is 4.68 Å². The Kier molecular flexibility index (Phi) is 3.80. The lowest BCUT2D eigenvalue weighted by Gasteiger charge is -2.03. The first kappa shape index (κ1) is 15.4. The zero-order valence-corrected chi connectivity index (χ0v) is 13.1. The molecule has 24 heavy (non-hydrogen) atoms. The maximum atomic E-state index is 10.9. The lowest BCUT2D eigenvalue weighted by molar-refractivity contribution is -0.384. The van der Waals surface area contributed by atoms with Crippen LogP contribution < -0.4 is 0 Å². The smallest absolute Gasteiger partial charge is 0.258 e. The van der Waals surface area contributed by atoms with Crippen LogP contribution in [0.3, 0.4) is 0 Å². The van der Waals surface area contributed by atoms with Gasteiger partial charge in [0.15, 0.2) is 0 Å². The average Bonchev–Trinajstić information content (AvgIpc) is 2.96. The fourth-order valence-electron chi connectivity index (χ4n) is 2.38. The monoisotopic (exact) mass is 319 g/mol. The molecule has 118 valence electrons. The largest absolute Gasteiger partial charge is 0.270 e. The standard InChI is InChI=1S/C17H13N5O2/c1-11-6-16-17(7-12(11)2)21(20-19-16)15(10-18)9-13-4-3-5-14(8-13)22(23)24/h3-9H,1-2H3/b15-9+. The highest BCUT2D eigenvalue weighted by atomic mass is 16.6. The third kappa shape index (κ3) is 2.73.